The molecule has 55 heavy (non-hydrogen) atoms. The number of benzene rings is 9. The zero-order valence-electron chi connectivity index (χ0n) is 29.8. The summed E-state index contributed by atoms with van der Waals surface area (Å²) in [5, 5.41) is 10.4. The van der Waals surface area contributed by atoms with Crippen LogP contribution in [0.4, 0.5) is 0 Å². The van der Waals surface area contributed by atoms with Gasteiger partial charge in [0.05, 0.1) is 11.4 Å². The minimum atomic E-state index is 0.722. The Hall–Kier alpha value is -6.94. The Labute approximate surface area is 322 Å². The van der Waals surface area contributed by atoms with Gasteiger partial charge >= 0.3 is 0 Å². The first-order valence-electron chi connectivity index (χ1n) is 18.6. The molecule has 0 spiro atoms. The van der Waals surface area contributed by atoms with Crippen molar-refractivity contribution >= 4 is 63.8 Å². The van der Waals surface area contributed by atoms with E-state index in [9.17, 15) is 0 Å². The van der Waals surface area contributed by atoms with Crippen LogP contribution in [-0.2, 0) is 0 Å². The largest absolute Gasteiger partial charge is 0.228 e. The molecule has 0 saturated carbocycles. The van der Waals surface area contributed by atoms with E-state index in [0.717, 1.165) is 33.9 Å². The quantitative estimate of drug-likeness (QED) is 0.166. The fraction of sp³-hybridized carbons (Fsp3) is 0. The summed E-state index contributed by atoms with van der Waals surface area (Å²) in [6.45, 7) is 0. The van der Waals surface area contributed by atoms with Crippen molar-refractivity contribution in [1.29, 1.82) is 0 Å². The van der Waals surface area contributed by atoms with E-state index in [2.05, 4.69) is 170 Å². The van der Waals surface area contributed by atoms with E-state index in [1.165, 1.54) is 74.7 Å². The molecule has 0 amide bonds. The normalized spacial score (nSPS) is 11.6. The third-order valence-corrected chi connectivity index (χ3v) is 12.0. The molecule has 3 heteroatoms. The number of fused-ring (bicyclic) bond motifs is 9. The Morgan fingerprint density at radius 2 is 0.782 bits per heavy atom. The van der Waals surface area contributed by atoms with Crippen molar-refractivity contribution in [2.45, 2.75) is 0 Å². The van der Waals surface area contributed by atoms with Crippen molar-refractivity contribution in [3.05, 3.63) is 194 Å². The molecule has 9 aromatic carbocycles. The van der Waals surface area contributed by atoms with E-state index in [0.29, 0.717) is 0 Å². The summed E-state index contributed by atoms with van der Waals surface area (Å²) in [4.78, 5) is 10.0. The van der Waals surface area contributed by atoms with E-state index < -0.39 is 0 Å². The highest BCUT2D eigenvalue weighted by Crippen LogP contribution is 2.43. The maximum atomic E-state index is 5.06. The van der Waals surface area contributed by atoms with Gasteiger partial charge in [-0.15, -0.1) is 11.3 Å². The lowest BCUT2D eigenvalue weighted by Gasteiger charge is -2.12. The van der Waals surface area contributed by atoms with Crippen LogP contribution in [0.5, 0.6) is 0 Å². The van der Waals surface area contributed by atoms with Crippen LogP contribution >= 0.6 is 11.3 Å². The van der Waals surface area contributed by atoms with Crippen molar-refractivity contribution in [3.8, 4) is 56.2 Å². The van der Waals surface area contributed by atoms with Gasteiger partial charge < -0.3 is 0 Å². The second-order valence-corrected chi connectivity index (χ2v) is 15.2. The van der Waals surface area contributed by atoms with Crippen LogP contribution in [0.1, 0.15) is 0 Å². The van der Waals surface area contributed by atoms with Crippen molar-refractivity contribution in [2.75, 3.05) is 0 Å². The first-order chi connectivity index (χ1) is 27.2. The number of nitrogens with zero attached hydrogens (tertiary/aromatic N) is 2. The minimum absolute atomic E-state index is 0.722. The highest BCUT2D eigenvalue weighted by molar-refractivity contribution is 7.26. The topological polar surface area (TPSA) is 25.8 Å². The Balaban J connectivity index is 1.02. The molecule has 11 aromatic rings. The van der Waals surface area contributed by atoms with Gasteiger partial charge in [-0.3, -0.25) is 0 Å². The Morgan fingerprint density at radius 1 is 0.291 bits per heavy atom. The molecule has 0 atom stereocenters. The lowest BCUT2D eigenvalue weighted by atomic mass is 9.91. The van der Waals surface area contributed by atoms with E-state index >= 15 is 0 Å². The van der Waals surface area contributed by atoms with Gasteiger partial charge in [-0.2, -0.15) is 0 Å². The van der Waals surface area contributed by atoms with E-state index in [1.54, 1.807) is 0 Å². The van der Waals surface area contributed by atoms with Gasteiger partial charge in [0, 0.05) is 36.9 Å². The molecule has 11 rings (SSSR count). The summed E-state index contributed by atoms with van der Waals surface area (Å²) in [6.07, 6.45) is 0. The number of hydrogen-bond donors (Lipinski definition) is 0. The second kappa shape index (κ2) is 12.9. The van der Waals surface area contributed by atoms with Gasteiger partial charge in [-0.05, 0) is 84.9 Å². The SMILES string of the molecule is c1ccc(-c2cc(-c3ccc(-c4cccc5sc6ccc(-c7ccc8c9ccccc9c9ccccc9c8c7)cc6c45)cc3)nc(-c3ccccc3)n2)cc1. The lowest BCUT2D eigenvalue weighted by molar-refractivity contribution is 1.18. The van der Waals surface area contributed by atoms with Gasteiger partial charge in [0.1, 0.15) is 0 Å². The molecule has 2 heterocycles. The molecular formula is C52H32N2S. The van der Waals surface area contributed by atoms with Gasteiger partial charge in [-0.1, -0.05) is 164 Å². The highest BCUT2D eigenvalue weighted by atomic mass is 32.1. The van der Waals surface area contributed by atoms with E-state index in [-0.39, 0.29) is 0 Å². The molecule has 0 unspecified atom stereocenters. The molecule has 0 bridgehead atoms. The van der Waals surface area contributed by atoms with Crippen LogP contribution in [0, 0.1) is 0 Å². The molecule has 0 aliphatic heterocycles. The molecule has 0 radical (unpaired) electrons. The van der Waals surface area contributed by atoms with Crippen molar-refractivity contribution < 1.29 is 0 Å². The third kappa shape index (κ3) is 5.40. The number of rotatable bonds is 5. The van der Waals surface area contributed by atoms with Gasteiger partial charge in [0.25, 0.3) is 0 Å². The summed E-state index contributed by atoms with van der Waals surface area (Å²) >= 11 is 1.86. The second-order valence-electron chi connectivity index (χ2n) is 14.1. The molecule has 0 aliphatic carbocycles. The van der Waals surface area contributed by atoms with Crippen LogP contribution in [0.3, 0.4) is 0 Å². The fourth-order valence-corrected chi connectivity index (χ4v) is 9.34. The van der Waals surface area contributed by atoms with Crippen LogP contribution in [0.15, 0.2) is 194 Å². The third-order valence-electron chi connectivity index (χ3n) is 10.9. The zero-order chi connectivity index (χ0) is 36.3. The zero-order valence-corrected chi connectivity index (χ0v) is 30.6. The predicted molar refractivity (Wildman–Crippen MR) is 235 cm³/mol. The van der Waals surface area contributed by atoms with Crippen molar-refractivity contribution in [3.63, 3.8) is 0 Å². The monoisotopic (exact) mass is 716 g/mol. The van der Waals surface area contributed by atoms with Crippen molar-refractivity contribution in [1.82, 2.24) is 9.97 Å². The minimum Gasteiger partial charge on any atom is -0.228 e. The fourth-order valence-electron chi connectivity index (χ4n) is 8.22. The van der Waals surface area contributed by atoms with Crippen LogP contribution < -0.4 is 0 Å². The smallest absolute Gasteiger partial charge is 0.160 e. The van der Waals surface area contributed by atoms with Crippen LogP contribution in [0.2, 0.25) is 0 Å². The van der Waals surface area contributed by atoms with Gasteiger partial charge in [0.2, 0.25) is 0 Å². The molecule has 0 aliphatic rings. The summed E-state index contributed by atoms with van der Waals surface area (Å²) < 4.78 is 2.59. The summed E-state index contributed by atoms with van der Waals surface area (Å²) in [5.41, 5.74) is 9.81. The Bertz CT molecular complexity index is 3140. The molecule has 0 fully saturated rings. The molecule has 256 valence electrons. The number of aromatic nitrogens is 2. The molecule has 2 aromatic heterocycles. The summed E-state index contributed by atoms with van der Waals surface area (Å²) in [5.74, 6) is 0.722. The first kappa shape index (κ1) is 31.6. The van der Waals surface area contributed by atoms with Gasteiger partial charge in [0.15, 0.2) is 5.82 Å². The average Bonchev–Trinajstić information content (AvgIpc) is 3.65. The maximum absolute atomic E-state index is 5.06. The Morgan fingerprint density at radius 3 is 1.44 bits per heavy atom. The molecule has 0 saturated heterocycles. The van der Waals surface area contributed by atoms with Crippen LogP contribution in [0.25, 0.3) is 109 Å². The van der Waals surface area contributed by atoms with Crippen molar-refractivity contribution in [2.24, 2.45) is 0 Å². The summed E-state index contributed by atoms with van der Waals surface area (Å²) in [7, 11) is 0. The average molecular weight is 717 g/mol. The maximum Gasteiger partial charge on any atom is 0.160 e. The van der Waals surface area contributed by atoms with E-state index in [4.69, 9.17) is 9.97 Å². The lowest BCUT2D eigenvalue weighted by Crippen LogP contribution is -1.95. The number of thiophene rings is 1. The van der Waals surface area contributed by atoms with Crippen LogP contribution in [-0.4, -0.2) is 9.97 Å². The number of hydrogen-bond acceptors (Lipinski definition) is 3. The summed E-state index contributed by atoms with van der Waals surface area (Å²) in [6, 6.07) is 69.8. The predicted octanol–water partition coefficient (Wildman–Crippen LogP) is 14.6. The van der Waals surface area contributed by atoms with E-state index in [1.807, 2.05) is 35.6 Å². The first-order valence-corrected chi connectivity index (χ1v) is 19.5. The Kier molecular flexibility index (Phi) is 7.39. The molecular weight excluding hydrogens is 685 g/mol. The standard InChI is InChI=1S/C52H32N2S/c1-3-12-34(13-4-1)47-32-48(54-52(53-47)36-14-5-2-6-15-36)35-24-22-33(23-25-35)39-20-11-21-50-51(39)46-31-38(27-29-49(46)55-50)37-26-28-44-42-18-8-7-16-40(42)41-17-9-10-19-43(41)45(44)30-37/h1-32H. The van der Waals surface area contributed by atoms with Gasteiger partial charge in [-0.25, -0.2) is 9.97 Å². The highest BCUT2D eigenvalue weighted by Gasteiger charge is 2.15. The molecule has 2 nitrogen and oxygen atoms in total. The molecule has 0 N–H and O–H groups in total.